The molecule has 0 spiro atoms. The molecule has 0 unspecified atom stereocenters. The molecule has 0 radical (unpaired) electrons. The molecule has 0 bridgehead atoms. The first-order chi connectivity index (χ1) is 22.4. The standard InChI is InChI=1S/C22H45NO.C20H41NO/c1-4-7-8-9-10-11-12-13-14-15-16-17-18-19-20-21-22(24)23(5-2)6-3;1-4-5-6-7-8-9-10-11-12-13-14-15-16-17-18-19-20(22)21(2)3/h4-21H2,1-3H3;4-19H2,1-3H3. The third-order valence-corrected chi connectivity index (χ3v) is 9.60. The summed E-state index contributed by atoms with van der Waals surface area (Å²) in [6.07, 6.45) is 42.7. The Morgan fingerprint density at radius 2 is 0.543 bits per heavy atom. The van der Waals surface area contributed by atoms with Crippen LogP contribution in [0.3, 0.4) is 0 Å². The van der Waals surface area contributed by atoms with Crippen LogP contribution in [0.15, 0.2) is 0 Å². The van der Waals surface area contributed by atoms with E-state index in [-0.39, 0.29) is 5.91 Å². The highest BCUT2D eigenvalue weighted by atomic mass is 16.2. The molecular formula is C42H86N2O2. The van der Waals surface area contributed by atoms with Crippen molar-refractivity contribution < 1.29 is 9.59 Å². The zero-order valence-corrected chi connectivity index (χ0v) is 32.8. The van der Waals surface area contributed by atoms with Crippen molar-refractivity contribution in [3.05, 3.63) is 0 Å². The Balaban J connectivity index is 0. The summed E-state index contributed by atoms with van der Waals surface area (Å²) in [5, 5.41) is 0. The molecule has 0 aliphatic rings. The van der Waals surface area contributed by atoms with Crippen LogP contribution in [0.4, 0.5) is 0 Å². The topological polar surface area (TPSA) is 40.6 Å². The number of carbonyl (C=O) groups excluding carboxylic acids is 2. The first-order valence-corrected chi connectivity index (χ1v) is 20.9. The molecule has 0 aliphatic carbocycles. The number of hydrogen-bond acceptors (Lipinski definition) is 2. The van der Waals surface area contributed by atoms with E-state index in [1.165, 1.54) is 180 Å². The van der Waals surface area contributed by atoms with Gasteiger partial charge < -0.3 is 9.80 Å². The molecule has 46 heavy (non-hydrogen) atoms. The van der Waals surface area contributed by atoms with Crippen LogP contribution in [0.1, 0.15) is 233 Å². The fraction of sp³-hybridized carbons (Fsp3) is 0.952. The first kappa shape index (κ1) is 47.1. The van der Waals surface area contributed by atoms with E-state index in [2.05, 4.69) is 27.7 Å². The molecule has 4 nitrogen and oxygen atoms in total. The average Bonchev–Trinajstić information content (AvgIpc) is 3.05. The summed E-state index contributed by atoms with van der Waals surface area (Å²) in [5.41, 5.74) is 0. The fourth-order valence-corrected chi connectivity index (χ4v) is 6.25. The lowest BCUT2D eigenvalue weighted by atomic mass is 10.0. The Labute approximate surface area is 291 Å². The van der Waals surface area contributed by atoms with Gasteiger partial charge in [0.15, 0.2) is 0 Å². The Morgan fingerprint density at radius 1 is 0.326 bits per heavy atom. The van der Waals surface area contributed by atoms with Crippen molar-refractivity contribution in [3.63, 3.8) is 0 Å². The summed E-state index contributed by atoms with van der Waals surface area (Å²) in [5.74, 6) is 0.615. The molecule has 4 heteroatoms. The Kier molecular flexibility index (Phi) is 41.0. The van der Waals surface area contributed by atoms with Crippen LogP contribution in [0, 0.1) is 0 Å². The van der Waals surface area contributed by atoms with Gasteiger partial charge in [-0.15, -0.1) is 0 Å². The molecule has 0 aromatic heterocycles. The number of unbranched alkanes of at least 4 members (excludes halogenated alkanes) is 28. The third kappa shape index (κ3) is 37.4. The summed E-state index contributed by atoms with van der Waals surface area (Å²) >= 11 is 0. The van der Waals surface area contributed by atoms with E-state index in [0.29, 0.717) is 5.91 Å². The molecule has 2 amide bonds. The molecule has 0 rings (SSSR count). The molecular weight excluding hydrogens is 564 g/mol. The highest BCUT2D eigenvalue weighted by molar-refractivity contribution is 5.76. The molecule has 0 N–H and O–H groups in total. The maximum Gasteiger partial charge on any atom is 0.222 e. The van der Waals surface area contributed by atoms with Gasteiger partial charge in [-0.05, 0) is 26.7 Å². The molecule has 0 atom stereocenters. The zero-order valence-electron chi connectivity index (χ0n) is 32.8. The van der Waals surface area contributed by atoms with Crippen LogP contribution in [0.5, 0.6) is 0 Å². The molecule has 0 aromatic rings. The number of nitrogens with zero attached hydrogens (tertiary/aromatic N) is 2. The van der Waals surface area contributed by atoms with E-state index in [9.17, 15) is 9.59 Å². The van der Waals surface area contributed by atoms with E-state index in [0.717, 1.165) is 38.8 Å². The molecule has 0 aromatic carbocycles. The number of carbonyl (C=O) groups is 2. The van der Waals surface area contributed by atoms with Gasteiger partial charge in [-0.2, -0.15) is 0 Å². The molecule has 0 heterocycles. The van der Waals surface area contributed by atoms with Gasteiger partial charge in [-0.25, -0.2) is 0 Å². The first-order valence-electron chi connectivity index (χ1n) is 20.9. The van der Waals surface area contributed by atoms with Crippen molar-refractivity contribution in [2.75, 3.05) is 27.2 Å². The van der Waals surface area contributed by atoms with Gasteiger partial charge in [0.05, 0.1) is 0 Å². The number of hydrogen-bond donors (Lipinski definition) is 0. The lowest BCUT2D eigenvalue weighted by molar-refractivity contribution is -0.131. The van der Waals surface area contributed by atoms with E-state index < -0.39 is 0 Å². The second-order valence-electron chi connectivity index (χ2n) is 14.3. The lowest BCUT2D eigenvalue weighted by Crippen LogP contribution is -2.30. The van der Waals surface area contributed by atoms with Crippen LogP contribution >= 0.6 is 0 Å². The van der Waals surface area contributed by atoms with Crippen LogP contribution in [0.25, 0.3) is 0 Å². The maximum atomic E-state index is 11.9. The predicted molar refractivity (Wildman–Crippen MR) is 206 cm³/mol. The highest BCUT2D eigenvalue weighted by Crippen LogP contribution is 2.15. The lowest BCUT2D eigenvalue weighted by Gasteiger charge is -2.18. The second kappa shape index (κ2) is 40.1. The summed E-state index contributed by atoms with van der Waals surface area (Å²) in [6.45, 7) is 10.4. The van der Waals surface area contributed by atoms with Crippen molar-refractivity contribution in [2.45, 2.75) is 233 Å². The van der Waals surface area contributed by atoms with Crippen molar-refractivity contribution in [2.24, 2.45) is 0 Å². The van der Waals surface area contributed by atoms with Gasteiger partial charge >= 0.3 is 0 Å². The van der Waals surface area contributed by atoms with Crippen LogP contribution in [0.2, 0.25) is 0 Å². The van der Waals surface area contributed by atoms with Crippen LogP contribution in [-0.2, 0) is 9.59 Å². The second-order valence-corrected chi connectivity index (χ2v) is 14.3. The van der Waals surface area contributed by atoms with Gasteiger partial charge in [-0.3, -0.25) is 9.59 Å². The quantitative estimate of drug-likeness (QED) is 0.0650. The molecule has 0 fully saturated rings. The van der Waals surface area contributed by atoms with E-state index in [4.69, 9.17) is 0 Å². The van der Waals surface area contributed by atoms with Gasteiger partial charge in [0.2, 0.25) is 11.8 Å². The summed E-state index contributed by atoms with van der Waals surface area (Å²) in [6, 6.07) is 0. The molecule has 0 saturated carbocycles. The summed E-state index contributed by atoms with van der Waals surface area (Å²) in [4.78, 5) is 26.9. The normalized spacial score (nSPS) is 10.9. The highest BCUT2D eigenvalue weighted by Gasteiger charge is 2.08. The molecule has 0 saturated heterocycles. The van der Waals surface area contributed by atoms with Gasteiger partial charge in [0.25, 0.3) is 0 Å². The number of amides is 2. The monoisotopic (exact) mass is 651 g/mol. The summed E-state index contributed by atoms with van der Waals surface area (Å²) in [7, 11) is 3.68. The van der Waals surface area contributed by atoms with Gasteiger partial charge in [0.1, 0.15) is 0 Å². The molecule has 276 valence electrons. The minimum absolute atomic E-state index is 0.273. The van der Waals surface area contributed by atoms with Crippen LogP contribution < -0.4 is 0 Å². The molecule has 0 aliphatic heterocycles. The maximum absolute atomic E-state index is 11.9. The number of rotatable bonds is 34. The Bertz CT molecular complexity index is 602. The van der Waals surface area contributed by atoms with Crippen molar-refractivity contribution in [1.29, 1.82) is 0 Å². The van der Waals surface area contributed by atoms with E-state index >= 15 is 0 Å². The van der Waals surface area contributed by atoms with Crippen molar-refractivity contribution in [3.8, 4) is 0 Å². The summed E-state index contributed by atoms with van der Waals surface area (Å²) < 4.78 is 0. The van der Waals surface area contributed by atoms with Crippen molar-refractivity contribution in [1.82, 2.24) is 9.80 Å². The van der Waals surface area contributed by atoms with E-state index in [1.807, 2.05) is 19.0 Å². The van der Waals surface area contributed by atoms with Crippen molar-refractivity contribution >= 4 is 11.8 Å². The zero-order chi connectivity index (χ0) is 34.4. The van der Waals surface area contributed by atoms with E-state index in [1.54, 1.807) is 4.90 Å². The Hall–Kier alpha value is -1.06. The predicted octanol–water partition coefficient (Wildman–Crippen LogP) is 13.5. The third-order valence-electron chi connectivity index (χ3n) is 9.60. The van der Waals surface area contributed by atoms with Crippen LogP contribution in [-0.4, -0.2) is 48.8 Å². The van der Waals surface area contributed by atoms with Gasteiger partial charge in [-0.1, -0.05) is 194 Å². The SMILES string of the molecule is CCCCCCCCCCCCCCCCCC(=O)N(C)C.CCCCCCCCCCCCCCCCCC(=O)N(CC)CC. The van der Waals surface area contributed by atoms with Gasteiger partial charge in [0, 0.05) is 40.0 Å². The smallest absolute Gasteiger partial charge is 0.222 e. The average molecular weight is 651 g/mol. The minimum atomic E-state index is 0.273. The largest absolute Gasteiger partial charge is 0.349 e. The fourth-order valence-electron chi connectivity index (χ4n) is 6.25. The Morgan fingerprint density at radius 3 is 0.761 bits per heavy atom. The minimum Gasteiger partial charge on any atom is -0.349 e.